The lowest BCUT2D eigenvalue weighted by atomic mass is 10.0. The van der Waals surface area contributed by atoms with Crippen LogP contribution in [0.15, 0.2) is 83.3 Å². The number of nitrogens with zero attached hydrogens (tertiary/aromatic N) is 2. The zero-order chi connectivity index (χ0) is 23.1. The van der Waals surface area contributed by atoms with Crippen molar-refractivity contribution in [1.29, 1.82) is 0 Å². The van der Waals surface area contributed by atoms with E-state index in [1.165, 1.54) is 18.2 Å². The number of rotatable bonds is 9. The van der Waals surface area contributed by atoms with E-state index in [1.807, 2.05) is 62.6 Å². The van der Waals surface area contributed by atoms with Crippen LogP contribution in [0, 0.1) is 10.1 Å². The molecule has 0 saturated heterocycles. The van der Waals surface area contributed by atoms with E-state index in [4.69, 9.17) is 0 Å². The van der Waals surface area contributed by atoms with Crippen LogP contribution in [0.3, 0.4) is 0 Å². The van der Waals surface area contributed by atoms with Crippen LogP contribution in [0.5, 0.6) is 0 Å². The summed E-state index contributed by atoms with van der Waals surface area (Å²) < 4.78 is 0.447. The molecule has 8 heteroatoms. The van der Waals surface area contributed by atoms with Gasteiger partial charge in [0.1, 0.15) is 6.04 Å². The van der Waals surface area contributed by atoms with E-state index in [1.54, 1.807) is 0 Å². The first-order chi connectivity index (χ1) is 15.4. The maximum Gasteiger partial charge on any atom is 0.270 e. The van der Waals surface area contributed by atoms with Gasteiger partial charge in [-0.3, -0.25) is 14.9 Å². The average molecular weight is 497 g/mol. The number of carbonyl (C=O) groups excluding carboxylic acids is 1. The van der Waals surface area contributed by atoms with Crippen molar-refractivity contribution in [2.24, 2.45) is 0 Å². The summed E-state index contributed by atoms with van der Waals surface area (Å²) in [5, 5.41) is 17.3. The van der Waals surface area contributed by atoms with Crippen LogP contribution in [0.4, 0.5) is 11.4 Å². The lowest BCUT2D eigenvalue weighted by molar-refractivity contribution is -0.384. The van der Waals surface area contributed by atoms with Crippen LogP contribution in [0.1, 0.15) is 23.2 Å². The summed E-state index contributed by atoms with van der Waals surface area (Å²) in [6.07, 6.45) is 0. The van der Waals surface area contributed by atoms with Gasteiger partial charge >= 0.3 is 0 Å². The highest BCUT2D eigenvalue weighted by atomic mass is 79.9. The third-order valence-corrected chi connectivity index (χ3v) is 5.80. The summed E-state index contributed by atoms with van der Waals surface area (Å²) >= 11 is 3.31. The fourth-order valence-electron chi connectivity index (χ4n) is 3.43. The fraction of sp³-hybridized carbons (Fsp3) is 0.208. The summed E-state index contributed by atoms with van der Waals surface area (Å²) in [7, 11) is 4.01. The monoisotopic (exact) mass is 496 g/mol. The van der Waals surface area contributed by atoms with Crippen molar-refractivity contribution < 1.29 is 9.72 Å². The second-order valence-electron chi connectivity index (χ2n) is 7.55. The number of nitro benzene ring substituents is 1. The number of halogens is 1. The number of carbonyl (C=O) groups is 1. The minimum Gasteiger partial charge on any atom is -0.323 e. The standard InChI is InChI=1S/C24H25BrN4O3/c1-28(2)22(17-9-5-3-6-10-17)16-26-23(18-11-7-4-8-12-18)24(30)27-21-14-13-19(29(31)32)15-20(21)25/h3-15,22-23,26H,16H2,1-2H3,(H,27,30)/t22-,23+/m1/s1. The fourth-order valence-corrected chi connectivity index (χ4v) is 3.90. The Balaban J connectivity index is 1.82. The van der Waals surface area contributed by atoms with Gasteiger partial charge in [0, 0.05) is 29.2 Å². The Morgan fingerprint density at radius 3 is 2.12 bits per heavy atom. The molecule has 0 unspecified atom stereocenters. The molecule has 0 aliphatic heterocycles. The summed E-state index contributed by atoms with van der Waals surface area (Å²) in [6, 6.07) is 23.3. The van der Waals surface area contributed by atoms with Crippen LogP contribution in [0.25, 0.3) is 0 Å². The molecule has 7 nitrogen and oxygen atoms in total. The molecule has 0 aliphatic carbocycles. The molecule has 0 aromatic heterocycles. The molecule has 32 heavy (non-hydrogen) atoms. The highest BCUT2D eigenvalue weighted by molar-refractivity contribution is 9.10. The maximum absolute atomic E-state index is 13.3. The maximum atomic E-state index is 13.3. The molecule has 0 fully saturated rings. The Morgan fingerprint density at radius 1 is 1.00 bits per heavy atom. The van der Waals surface area contributed by atoms with Gasteiger partial charge in [0.05, 0.1) is 10.6 Å². The van der Waals surface area contributed by atoms with Gasteiger partial charge < -0.3 is 15.5 Å². The number of nitrogens with one attached hydrogen (secondary N) is 2. The first-order valence-electron chi connectivity index (χ1n) is 10.1. The van der Waals surface area contributed by atoms with Crippen LogP contribution in [-0.2, 0) is 4.79 Å². The predicted molar refractivity (Wildman–Crippen MR) is 129 cm³/mol. The van der Waals surface area contributed by atoms with Crippen molar-refractivity contribution in [2.45, 2.75) is 12.1 Å². The third-order valence-electron chi connectivity index (χ3n) is 5.14. The molecule has 1 amide bonds. The summed E-state index contributed by atoms with van der Waals surface area (Å²) in [4.78, 5) is 25.9. The lowest BCUT2D eigenvalue weighted by Crippen LogP contribution is -2.38. The minimum atomic E-state index is -0.607. The number of benzene rings is 3. The zero-order valence-electron chi connectivity index (χ0n) is 17.9. The number of non-ortho nitro benzene ring substituents is 1. The largest absolute Gasteiger partial charge is 0.323 e. The van der Waals surface area contributed by atoms with Crippen LogP contribution >= 0.6 is 15.9 Å². The van der Waals surface area contributed by atoms with Crippen molar-refractivity contribution in [1.82, 2.24) is 10.2 Å². The molecular weight excluding hydrogens is 472 g/mol. The minimum absolute atomic E-state index is 0.0516. The molecule has 3 rings (SSSR count). The van der Waals surface area contributed by atoms with E-state index < -0.39 is 11.0 Å². The summed E-state index contributed by atoms with van der Waals surface area (Å²) in [5.41, 5.74) is 2.39. The molecule has 0 spiro atoms. The zero-order valence-corrected chi connectivity index (χ0v) is 19.5. The van der Waals surface area contributed by atoms with Gasteiger partial charge in [-0.05, 0) is 47.2 Å². The second-order valence-corrected chi connectivity index (χ2v) is 8.41. The second kappa shape index (κ2) is 11.0. The highest BCUT2D eigenvalue weighted by Gasteiger charge is 2.24. The Bertz CT molecular complexity index is 1060. The van der Waals surface area contributed by atoms with Crippen molar-refractivity contribution >= 4 is 33.2 Å². The molecule has 3 aromatic rings. The Hall–Kier alpha value is -3.07. The van der Waals surface area contributed by atoms with Crippen molar-refractivity contribution in [3.63, 3.8) is 0 Å². The van der Waals surface area contributed by atoms with Crippen molar-refractivity contribution in [3.8, 4) is 0 Å². The Kier molecular flexibility index (Phi) is 8.10. The van der Waals surface area contributed by atoms with Crippen molar-refractivity contribution in [3.05, 3.63) is 105 Å². The molecule has 0 aliphatic rings. The first kappa shape index (κ1) is 23.6. The SMILES string of the molecule is CN(C)[C@H](CN[C@H](C(=O)Nc1ccc([N+](=O)[O-])cc1Br)c1ccccc1)c1ccccc1. The van der Waals surface area contributed by atoms with Gasteiger partial charge in [-0.2, -0.15) is 0 Å². The van der Waals surface area contributed by atoms with E-state index in [2.05, 4.69) is 43.6 Å². The van der Waals surface area contributed by atoms with E-state index in [0.717, 1.165) is 11.1 Å². The molecule has 3 aromatic carbocycles. The van der Waals surface area contributed by atoms with Crippen molar-refractivity contribution in [2.75, 3.05) is 26.0 Å². The normalized spacial score (nSPS) is 12.9. The first-order valence-corrected chi connectivity index (χ1v) is 10.9. The van der Waals surface area contributed by atoms with E-state index in [-0.39, 0.29) is 17.6 Å². The summed E-state index contributed by atoms with van der Waals surface area (Å²) in [5.74, 6) is -0.253. The molecule has 0 bridgehead atoms. The molecule has 2 atom stereocenters. The molecular formula is C24H25BrN4O3. The number of hydrogen-bond donors (Lipinski definition) is 2. The van der Waals surface area contributed by atoms with E-state index >= 15 is 0 Å². The number of anilines is 1. The number of likely N-dealkylation sites (N-methyl/N-ethyl adjacent to an activating group) is 1. The molecule has 0 saturated carbocycles. The third kappa shape index (κ3) is 6.00. The van der Waals surface area contributed by atoms with E-state index in [9.17, 15) is 14.9 Å². The van der Waals surface area contributed by atoms with Gasteiger partial charge in [0.25, 0.3) is 5.69 Å². The number of amides is 1. The van der Waals surface area contributed by atoms with Gasteiger partial charge in [-0.15, -0.1) is 0 Å². The summed E-state index contributed by atoms with van der Waals surface area (Å²) in [6.45, 7) is 0.547. The number of hydrogen-bond acceptors (Lipinski definition) is 5. The molecule has 0 heterocycles. The molecule has 0 radical (unpaired) electrons. The average Bonchev–Trinajstić information content (AvgIpc) is 2.78. The smallest absolute Gasteiger partial charge is 0.270 e. The Labute approximate surface area is 195 Å². The van der Waals surface area contributed by atoms with Gasteiger partial charge in [0.15, 0.2) is 0 Å². The van der Waals surface area contributed by atoms with Crippen LogP contribution in [-0.4, -0.2) is 36.4 Å². The highest BCUT2D eigenvalue weighted by Crippen LogP contribution is 2.28. The van der Waals surface area contributed by atoms with Gasteiger partial charge in [-0.25, -0.2) is 0 Å². The molecule has 2 N–H and O–H groups in total. The van der Waals surface area contributed by atoms with Crippen LogP contribution in [0.2, 0.25) is 0 Å². The van der Waals surface area contributed by atoms with E-state index in [0.29, 0.717) is 16.7 Å². The van der Waals surface area contributed by atoms with Crippen LogP contribution < -0.4 is 10.6 Å². The van der Waals surface area contributed by atoms with Gasteiger partial charge in [-0.1, -0.05) is 60.7 Å². The quantitative estimate of drug-likeness (QED) is 0.324. The lowest BCUT2D eigenvalue weighted by Gasteiger charge is -2.28. The predicted octanol–water partition coefficient (Wildman–Crippen LogP) is 4.93. The number of nitro groups is 1. The Morgan fingerprint density at radius 2 is 1.59 bits per heavy atom. The van der Waals surface area contributed by atoms with Gasteiger partial charge in [0.2, 0.25) is 5.91 Å². The topological polar surface area (TPSA) is 87.5 Å². The molecule has 166 valence electrons.